The molecule has 2 aliphatic rings. The summed E-state index contributed by atoms with van der Waals surface area (Å²) in [6, 6.07) is 7.21. The average Bonchev–Trinajstić information content (AvgIpc) is 2.51. The second-order valence-corrected chi connectivity index (χ2v) is 6.63. The van der Waals surface area contributed by atoms with Gasteiger partial charge in [-0.2, -0.15) is 0 Å². The minimum atomic E-state index is 0.106. The number of piperidine rings is 1. The molecule has 21 heavy (non-hydrogen) atoms. The Morgan fingerprint density at radius 2 is 2.19 bits per heavy atom. The van der Waals surface area contributed by atoms with Crippen LogP contribution in [0.15, 0.2) is 18.2 Å². The summed E-state index contributed by atoms with van der Waals surface area (Å²) in [7, 11) is 0. The zero-order chi connectivity index (χ0) is 14.8. The van der Waals surface area contributed by atoms with Crippen LogP contribution in [0, 0.1) is 5.92 Å². The Hall–Kier alpha value is -1.06. The molecule has 3 atom stereocenters. The van der Waals surface area contributed by atoms with E-state index in [1.807, 2.05) is 0 Å². The molecular formula is C18H28N2O. The van der Waals surface area contributed by atoms with Crippen LogP contribution >= 0.6 is 0 Å². The Morgan fingerprint density at radius 1 is 1.33 bits per heavy atom. The van der Waals surface area contributed by atoms with Crippen LogP contribution in [0.2, 0.25) is 0 Å². The van der Waals surface area contributed by atoms with Gasteiger partial charge in [0.1, 0.15) is 5.75 Å². The standard InChI is InChI=1S/C18H28N2O/c1-3-14-8-6-9-16-17(19)15(12-21-18(14)16)11-20-10-5-4-7-13(20)2/h6,8-9,13,15,17H,3-5,7,10-12,19H2,1-2H3. The molecule has 1 aromatic rings. The predicted molar refractivity (Wildman–Crippen MR) is 86.6 cm³/mol. The van der Waals surface area contributed by atoms with Crippen LogP contribution in [0.5, 0.6) is 5.75 Å². The highest BCUT2D eigenvalue weighted by Crippen LogP contribution is 2.37. The largest absolute Gasteiger partial charge is 0.493 e. The predicted octanol–water partition coefficient (Wildman–Crippen LogP) is 3.13. The summed E-state index contributed by atoms with van der Waals surface area (Å²) in [5.41, 5.74) is 9.06. The van der Waals surface area contributed by atoms with E-state index in [0.717, 1.165) is 25.3 Å². The van der Waals surface area contributed by atoms with Crippen molar-refractivity contribution in [2.75, 3.05) is 19.7 Å². The van der Waals surface area contributed by atoms with E-state index in [1.54, 1.807) is 0 Å². The van der Waals surface area contributed by atoms with Gasteiger partial charge in [-0.25, -0.2) is 0 Å². The molecule has 0 bridgehead atoms. The number of nitrogens with two attached hydrogens (primary N) is 1. The minimum Gasteiger partial charge on any atom is -0.493 e. The van der Waals surface area contributed by atoms with Crippen molar-refractivity contribution in [2.24, 2.45) is 11.7 Å². The lowest BCUT2D eigenvalue weighted by Crippen LogP contribution is -2.45. The van der Waals surface area contributed by atoms with Gasteiger partial charge in [0.15, 0.2) is 0 Å². The molecule has 3 nitrogen and oxygen atoms in total. The summed E-state index contributed by atoms with van der Waals surface area (Å²) in [4.78, 5) is 2.60. The summed E-state index contributed by atoms with van der Waals surface area (Å²) in [5.74, 6) is 1.46. The number of fused-ring (bicyclic) bond motifs is 1. The van der Waals surface area contributed by atoms with Crippen molar-refractivity contribution in [1.29, 1.82) is 0 Å². The van der Waals surface area contributed by atoms with Gasteiger partial charge < -0.3 is 15.4 Å². The third-order valence-corrected chi connectivity index (χ3v) is 5.23. The van der Waals surface area contributed by atoms with Crippen molar-refractivity contribution >= 4 is 0 Å². The number of rotatable bonds is 3. The van der Waals surface area contributed by atoms with Gasteiger partial charge in [0.25, 0.3) is 0 Å². The molecule has 0 amide bonds. The van der Waals surface area contributed by atoms with E-state index in [4.69, 9.17) is 10.5 Å². The van der Waals surface area contributed by atoms with Crippen LogP contribution in [-0.2, 0) is 6.42 Å². The molecule has 1 saturated heterocycles. The fourth-order valence-corrected chi connectivity index (χ4v) is 3.77. The fourth-order valence-electron chi connectivity index (χ4n) is 3.77. The van der Waals surface area contributed by atoms with Crippen LogP contribution in [-0.4, -0.2) is 30.6 Å². The lowest BCUT2D eigenvalue weighted by Gasteiger charge is -2.39. The molecule has 116 valence electrons. The van der Waals surface area contributed by atoms with Gasteiger partial charge in [-0.1, -0.05) is 31.5 Å². The number of aryl methyl sites for hydroxylation is 1. The van der Waals surface area contributed by atoms with Gasteiger partial charge in [-0.3, -0.25) is 0 Å². The van der Waals surface area contributed by atoms with Crippen molar-refractivity contribution in [2.45, 2.75) is 51.6 Å². The third kappa shape index (κ3) is 2.95. The number of hydrogen-bond acceptors (Lipinski definition) is 3. The van der Waals surface area contributed by atoms with Gasteiger partial charge in [-0.15, -0.1) is 0 Å². The molecule has 3 unspecified atom stereocenters. The molecule has 1 aromatic carbocycles. The van der Waals surface area contributed by atoms with Crippen LogP contribution in [0.25, 0.3) is 0 Å². The summed E-state index contributed by atoms with van der Waals surface area (Å²) in [5, 5.41) is 0. The number of nitrogens with zero attached hydrogens (tertiary/aromatic N) is 1. The van der Waals surface area contributed by atoms with Crippen molar-refractivity contribution in [1.82, 2.24) is 4.90 Å². The maximum absolute atomic E-state index is 6.57. The van der Waals surface area contributed by atoms with Gasteiger partial charge in [0.05, 0.1) is 6.61 Å². The van der Waals surface area contributed by atoms with E-state index in [-0.39, 0.29) is 6.04 Å². The molecule has 0 spiro atoms. The zero-order valence-corrected chi connectivity index (χ0v) is 13.3. The van der Waals surface area contributed by atoms with E-state index in [2.05, 4.69) is 36.9 Å². The maximum Gasteiger partial charge on any atom is 0.127 e. The molecule has 0 saturated carbocycles. The average molecular weight is 288 g/mol. The number of para-hydroxylation sites is 1. The van der Waals surface area contributed by atoms with E-state index < -0.39 is 0 Å². The van der Waals surface area contributed by atoms with E-state index in [1.165, 1.54) is 36.9 Å². The van der Waals surface area contributed by atoms with Crippen molar-refractivity contribution in [3.8, 4) is 5.75 Å². The molecule has 0 radical (unpaired) electrons. The Kier molecular flexibility index (Phi) is 4.51. The lowest BCUT2D eigenvalue weighted by molar-refractivity contribution is 0.0936. The quantitative estimate of drug-likeness (QED) is 0.928. The van der Waals surface area contributed by atoms with Crippen LogP contribution in [0.4, 0.5) is 0 Å². The van der Waals surface area contributed by atoms with Crippen LogP contribution in [0.1, 0.15) is 50.3 Å². The second-order valence-electron chi connectivity index (χ2n) is 6.63. The topological polar surface area (TPSA) is 38.5 Å². The number of hydrogen-bond donors (Lipinski definition) is 1. The monoisotopic (exact) mass is 288 g/mol. The highest BCUT2D eigenvalue weighted by atomic mass is 16.5. The van der Waals surface area contributed by atoms with E-state index in [9.17, 15) is 0 Å². The van der Waals surface area contributed by atoms with Crippen LogP contribution in [0.3, 0.4) is 0 Å². The SMILES string of the molecule is CCc1cccc2c1OCC(CN1CCCCC1C)C2N. The Balaban J connectivity index is 1.74. The second kappa shape index (κ2) is 6.37. The Morgan fingerprint density at radius 3 is 2.95 bits per heavy atom. The van der Waals surface area contributed by atoms with Crippen molar-refractivity contribution in [3.63, 3.8) is 0 Å². The third-order valence-electron chi connectivity index (χ3n) is 5.23. The Bertz CT molecular complexity index is 488. The first kappa shape index (κ1) is 14.9. The number of likely N-dealkylation sites (tertiary alicyclic amines) is 1. The van der Waals surface area contributed by atoms with E-state index in [0.29, 0.717) is 12.0 Å². The smallest absolute Gasteiger partial charge is 0.127 e. The molecule has 3 heteroatoms. The highest BCUT2D eigenvalue weighted by Gasteiger charge is 2.32. The summed E-state index contributed by atoms with van der Waals surface area (Å²) in [6.45, 7) is 7.56. The highest BCUT2D eigenvalue weighted by molar-refractivity contribution is 5.45. The first-order valence-electron chi connectivity index (χ1n) is 8.45. The Labute approximate surface area is 128 Å². The normalized spacial score (nSPS) is 29.8. The number of benzene rings is 1. The molecule has 2 heterocycles. The molecule has 3 rings (SSSR count). The van der Waals surface area contributed by atoms with Crippen LogP contribution < -0.4 is 10.5 Å². The molecule has 2 aliphatic heterocycles. The van der Waals surface area contributed by atoms with E-state index >= 15 is 0 Å². The van der Waals surface area contributed by atoms with Gasteiger partial charge in [0, 0.05) is 30.1 Å². The summed E-state index contributed by atoms with van der Waals surface area (Å²) in [6.07, 6.45) is 5.01. The summed E-state index contributed by atoms with van der Waals surface area (Å²) < 4.78 is 6.10. The van der Waals surface area contributed by atoms with Gasteiger partial charge in [0.2, 0.25) is 0 Å². The maximum atomic E-state index is 6.57. The molecule has 1 fully saturated rings. The first-order chi connectivity index (χ1) is 10.2. The fraction of sp³-hybridized carbons (Fsp3) is 0.667. The lowest BCUT2D eigenvalue weighted by atomic mass is 9.88. The first-order valence-corrected chi connectivity index (χ1v) is 8.45. The van der Waals surface area contributed by atoms with Gasteiger partial charge >= 0.3 is 0 Å². The summed E-state index contributed by atoms with van der Waals surface area (Å²) >= 11 is 0. The zero-order valence-electron chi connectivity index (χ0n) is 13.3. The van der Waals surface area contributed by atoms with Crippen molar-refractivity contribution in [3.05, 3.63) is 29.3 Å². The number of ether oxygens (including phenoxy) is 1. The molecule has 2 N–H and O–H groups in total. The minimum absolute atomic E-state index is 0.106. The molecule has 0 aliphatic carbocycles. The van der Waals surface area contributed by atoms with Gasteiger partial charge in [-0.05, 0) is 38.3 Å². The molecule has 0 aromatic heterocycles. The van der Waals surface area contributed by atoms with Crippen molar-refractivity contribution < 1.29 is 4.74 Å². The molecular weight excluding hydrogens is 260 g/mol.